The molecule has 1 nitrogen and oxygen atoms in total. The Labute approximate surface area is 100 Å². The molecule has 0 atom stereocenters. The lowest BCUT2D eigenvalue weighted by Crippen LogP contribution is -2.40. The molecule has 0 spiro atoms. The minimum absolute atomic E-state index is 0.752. The van der Waals surface area contributed by atoms with Crippen molar-refractivity contribution in [1.29, 1.82) is 0 Å². The minimum atomic E-state index is 0.752. The monoisotopic (exact) mass is 267 g/mol. The van der Waals surface area contributed by atoms with Crippen LogP contribution >= 0.6 is 15.9 Å². The second-order valence-electron chi connectivity index (χ2n) is 4.34. The Bertz CT molecular complexity index is 318. The summed E-state index contributed by atoms with van der Waals surface area (Å²) >= 11 is 3.62. The van der Waals surface area contributed by atoms with Crippen molar-refractivity contribution in [2.45, 2.75) is 38.1 Å². The molecule has 1 aromatic carbocycles. The third kappa shape index (κ3) is 2.61. The Morgan fingerprint density at radius 1 is 1.33 bits per heavy atom. The first-order valence-electron chi connectivity index (χ1n) is 5.79. The summed E-state index contributed by atoms with van der Waals surface area (Å²) < 4.78 is 1.27. The zero-order valence-electron chi connectivity index (χ0n) is 9.17. The zero-order valence-corrected chi connectivity index (χ0v) is 10.8. The summed E-state index contributed by atoms with van der Waals surface area (Å²) in [6, 6.07) is 9.35. The van der Waals surface area contributed by atoms with Crippen LogP contribution in [-0.4, -0.2) is 12.6 Å². The maximum absolute atomic E-state index is 3.62. The van der Waals surface area contributed by atoms with E-state index in [2.05, 4.69) is 52.4 Å². The van der Waals surface area contributed by atoms with E-state index < -0.39 is 0 Å². The highest BCUT2D eigenvalue weighted by Gasteiger charge is 2.30. The molecule has 2 heteroatoms. The van der Waals surface area contributed by atoms with Crippen molar-refractivity contribution in [2.24, 2.45) is 0 Å². The van der Waals surface area contributed by atoms with Gasteiger partial charge in [-0.1, -0.05) is 41.1 Å². The number of halogens is 1. The molecule has 1 aromatic rings. The lowest BCUT2D eigenvalue weighted by atomic mass is 9.76. The normalized spacial score (nSPS) is 24.9. The van der Waals surface area contributed by atoms with Gasteiger partial charge in [-0.3, -0.25) is 0 Å². The molecule has 1 fully saturated rings. The Morgan fingerprint density at radius 3 is 2.73 bits per heavy atom. The molecule has 1 aliphatic carbocycles. The molecule has 0 radical (unpaired) electrons. The van der Waals surface area contributed by atoms with Gasteiger partial charge in [0, 0.05) is 10.5 Å². The highest BCUT2D eigenvalue weighted by Crippen LogP contribution is 2.39. The first-order valence-corrected chi connectivity index (χ1v) is 6.58. The van der Waals surface area contributed by atoms with Crippen molar-refractivity contribution < 1.29 is 0 Å². The van der Waals surface area contributed by atoms with Gasteiger partial charge in [0.25, 0.3) is 0 Å². The standard InChI is InChI=1S/C13H18BrN/c1-2-7-15-11-8-10(9-11)12-5-3-4-6-13(12)14/h3-6,10-11,15H,2,7-9H2,1H3. The van der Waals surface area contributed by atoms with Crippen LogP contribution in [0.5, 0.6) is 0 Å². The van der Waals surface area contributed by atoms with Crippen LogP contribution in [0, 0.1) is 0 Å². The van der Waals surface area contributed by atoms with Gasteiger partial charge in [0.15, 0.2) is 0 Å². The lowest BCUT2D eigenvalue weighted by molar-refractivity contribution is 0.291. The Balaban J connectivity index is 1.87. The average Bonchev–Trinajstić information content (AvgIpc) is 2.18. The fourth-order valence-corrected chi connectivity index (χ4v) is 2.80. The largest absolute Gasteiger partial charge is 0.314 e. The van der Waals surface area contributed by atoms with E-state index in [1.807, 2.05) is 0 Å². The summed E-state index contributed by atoms with van der Waals surface area (Å²) in [6.07, 6.45) is 3.82. The number of nitrogens with one attached hydrogen (secondary N) is 1. The summed E-state index contributed by atoms with van der Waals surface area (Å²) in [5, 5.41) is 3.57. The fraction of sp³-hybridized carbons (Fsp3) is 0.538. The number of rotatable bonds is 4. The van der Waals surface area contributed by atoms with Gasteiger partial charge in [0.05, 0.1) is 0 Å². The van der Waals surface area contributed by atoms with Crippen LogP contribution in [0.3, 0.4) is 0 Å². The van der Waals surface area contributed by atoms with E-state index in [0.29, 0.717) is 0 Å². The molecule has 0 aromatic heterocycles. The molecular weight excluding hydrogens is 250 g/mol. The second kappa shape index (κ2) is 5.13. The van der Waals surface area contributed by atoms with E-state index in [9.17, 15) is 0 Å². The molecule has 15 heavy (non-hydrogen) atoms. The van der Waals surface area contributed by atoms with E-state index in [1.165, 1.54) is 29.3 Å². The van der Waals surface area contributed by atoms with Crippen LogP contribution in [0.1, 0.15) is 37.7 Å². The average molecular weight is 268 g/mol. The third-order valence-corrected chi connectivity index (χ3v) is 3.89. The molecular formula is C13H18BrN. The summed E-state index contributed by atoms with van der Waals surface area (Å²) in [6.45, 7) is 3.38. The molecule has 0 bridgehead atoms. The number of hydrogen-bond acceptors (Lipinski definition) is 1. The topological polar surface area (TPSA) is 12.0 Å². The van der Waals surface area contributed by atoms with Crippen LogP contribution in [0.15, 0.2) is 28.7 Å². The van der Waals surface area contributed by atoms with E-state index in [4.69, 9.17) is 0 Å². The van der Waals surface area contributed by atoms with E-state index >= 15 is 0 Å². The van der Waals surface area contributed by atoms with Crippen molar-refractivity contribution in [3.63, 3.8) is 0 Å². The fourth-order valence-electron chi connectivity index (χ4n) is 2.19. The first-order chi connectivity index (χ1) is 7.31. The van der Waals surface area contributed by atoms with Gasteiger partial charge in [0.2, 0.25) is 0 Å². The second-order valence-corrected chi connectivity index (χ2v) is 5.20. The highest BCUT2D eigenvalue weighted by molar-refractivity contribution is 9.10. The predicted octanol–water partition coefficient (Wildman–Crippen LogP) is 3.69. The van der Waals surface area contributed by atoms with Crippen molar-refractivity contribution in [3.05, 3.63) is 34.3 Å². The third-order valence-electron chi connectivity index (χ3n) is 3.17. The Kier molecular flexibility index (Phi) is 3.81. The lowest BCUT2D eigenvalue weighted by Gasteiger charge is -2.36. The molecule has 0 unspecified atom stereocenters. The van der Waals surface area contributed by atoms with E-state index in [0.717, 1.165) is 18.5 Å². The number of hydrogen-bond donors (Lipinski definition) is 1. The van der Waals surface area contributed by atoms with Crippen molar-refractivity contribution in [2.75, 3.05) is 6.54 Å². The molecule has 0 saturated heterocycles. The summed E-state index contributed by atoms with van der Waals surface area (Å²) in [5.41, 5.74) is 1.48. The predicted molar refractivity (Wildman–Crippen MR) is 68.2 cm³/mol. The maximum atomic E-state index is 3.62. The molecule has 1 N–H and O–H groups in total. The molecule has 0 amide bonds. The van der Waals surface area contributed by atoms with Crippen LogP contribution in [0.25, 0.3) is 0 Å². The van der Waals surface area contributed by atoms with Crippen LogP contribution in [0.4, 0.5) is 0 Å². The zero-order chi connectivity index (χ0) is 10.7. The smallest absolute Gasteiger partial charge is 0.0210 e. The van der Waals surface area contributed by atoms with Gasteiger partial charge in [-0.2, -0.15) is 0 Å². The van der Waals surface area contributed by atoms with Crippen LogP contribution < -0.4 is 5.32 Å². The summed E-state index contributed by atoms with van der Waals surface area (Å²) in [5.74, 6) is 0.759. The van der Waals surface area contributed by atoms with Crippen molar-refractivity contribution in [1.82, 2.24) is 5.32 Å². The van der Waals surface area contributed by atoms with Crippen molar-refractivity contribution in [3.8, 4) is 0 Å². The Morgan fingerprint density at radius 2 is 2.07 bits per heavy atom. The summed E-state index contributed by atoms with van der Waals surface area (Å²) in [4.78, 5) is 0. The first kappa shape index (κ1) is 11.2. The summed E-state index contributed by atoms with van der Waals surface area (Å²) in [7, 11) is 0. The minimum Gasteiger partial charge on any atom is -0.314 e. The van der Waals surface area contributed by atoms with E-state index in [-0.39, 0.29) is 0 Å². The van der Waals surface area contributed by atoms with Gasteiger partial charge in [-0.15, -0.1) is 0 Å². The number of benzene rings is 1. The van der Waals surface area contributed by atoms with Gasteiger partial charge in [-0.05, 0) is 43.4 Å². The Hall–Kier alpha value is -0.340. The van der Waals surface area contributed by atoms with Crippen molar-refractivity contribution >= 4 is 15.9 Å². The molecule has 0 heterocycles. The molecule has 1 saturated carbocycles. The molecule has 0 aliphatic heterocycles. The van der Waals surface area contributed by atoms with Gasteiger partial charge in [0.1, 0.15) is 0 Å². The van der Waals surface area contributed by atoms with Gasteiger partial charge >= 0.3 is 0 Å². The molecule has 2 rings (SSSR count). The molecule has 1 aliphatic rings. The van der Waals surface area contributed by atoms with Crippen LogP contribution in [0.2, 0.25) is 0 Å². The SMILES string of the molecule is CCCNC1CC(c2ccccc2Br)C1. The van der Waals surface area contributed by atoms with E-state index in [1.54, 1.807) is 0 Å². The quantitative estimate of drug-likeness (QED) is 0.878. The molecule has 82 valence electrons. The van der Waals surface area contributed by atoms with Crippen LogP contribution in [-0.2, 0) is 0 Å². The van der Waals surface area contributed by atoms with Gasteiger partial charge in [-0.25, -0.2) is 0 Å². The highest BCUT2D eigenvalue weighted by atomic mass is 79.9. The van der Waals surface area contributed by atoms with Gasteiger partial charge < -0.3 is 5.32 Å². The maximum Gasteiger partial charge on any atom is 0.0210 e.